The third-order valence-corrected chi connectivity index (χ3v) is 4.01. The molecule has 1 atom stereocenters. The van der Waals surface area contributed by atoms with Crippen LogP contribution in [0.4, 0.5) is 0 Å². The lowest BCUT2D eigenvalue weighted by atomic mass is 10.4. The van der Waals surface area contributed by atoms with E-state index in [1.807, 2.05) is 0 Å². The zero-order valence-electron chi connectivity index (χ0n) is 5.93. The van der Waals surface area contributed by atoms with Crippen LogP contribution in [0.5, 0.6) is 0 Å². The summed E-state index contributed by atoms with van der Waals surface area (Å²) in [7, 11) is -2.11. The van der Waals surface area contributed by atoms with Crippen molar-refractivity contribution in [1.82, 2.24) is 0 Å². The lowest BCUT2D eigenvalue weighted by Gasteiger charge is -2.01. The lowest BCUT2D eigenvalue weighted by Crippen LogP contribution is -1.98. The molecule has 0 aromatic heterocycles. The first-order chi connectivity index (χ1) is 5.61. The predicted molar refractivity (Wildman–Crippen MR) is 55.6 cm³/mol. The third-order valence-electron chi connectivity index (χ3n) is 1.31. The Labute approximate surface area is 86.4 Å². The molecular formula is C7H6Cl3OP. The van der Waals surface area contributed by atoms with Gasteiger partial charge in [0.2, 0.25) is 0 Å². The Morgan fingerprint density at radius 2 is 2.00 bits per heavy atom. The molecule has 1 rings (SSSR count). The van der Waals surface area contributed by atoms with Gasteiger partial charge in [0.1, 0.15) is 7.80 Å². The van der Waals surface area contributed by atoms with Crippen LogP contribution in [0.25, 0.3) is 0 Å². The van der Waals surface area contributed by atoms with Gasteiger partial charge in [-0.15, -0.1) is 0 Å². The number of halogens is 3. The van der Waals surface area contributed by atoms with Gasteiger partial charge in [-0.1, -0.05) is 46.9 Å². The number of rotatable bonds is 2. The minimum absolute atomic E-state index is 0.542. The van der Waals surface area contributed by atoms with Crippen molar-refractivity contribution in [3.8, 4) is 0 Å². The molecule has 0 aliphatic carbocycles. The summed E-state index contributed by atoms with van der Waals surface area (Å²) in [5.74, 6) is 0. The summed E-state index contributed by atoms with van der Waals surface area (Å²) in [6.45, 7) is 0. The van der Waals surface area contributed by atoms with Crippen molar-refractivity contribution >= 4 is 47.9 Å². The highest BCUT2D eigenvalue weighted by molar-refractivity contribution is 7.58. The largest absolute Gasteiger partial charge is 0.319 e. The molecule has 1 unspecified atom stereocenters. The highest BCUT2D eigenvalue weighted by atomic mass is 35.5. The first-order valence-corrected chi connectivity index (χ1v) is 5.93. The molecule has 0 spiro atoms. The average Bonchev–Trinajstić information content (AvgIpc) is 2.03. The van der Waals surface area contributed by atoms with Gasteiger partial charge >= 0.3 is 0 Å². The van der Waals surface area contributed by atoms with E-state index in [0.29, 0.717) is 10.3 Å². The summed E-state index contributed by atoms with van der Waals surface area (Å²) >= 11 is 16.6. The Morgan fingerprint density at radius 1 is 1.33 bits per heavy atom. The molecule has 5 heteroatoms. The van der Waals surface area contributed by atoms with Crippen LogP contribution in [0, 0.1) is 0 Å². The fourth-order valence-corrected chi connectivity index (χ4v) is 2.62. The van der Waals surface area contributed by atoms with Gasteiger partial charge in [-0.05, 0) is 12.1 Å². The van der Waals surface area contributed by atoms with Gasteiger partial charge < -0.3 is 4.57 Å². The first kappa shape index (κ1) is 10.4. The molecule has 0 N–H and O–H groups in total. The van der Waals surface area contributed by atoms with E-state index in [4.69, 9.17) is 34.8 Å². The predicted octanol–water partition coefficient (Wildman–Crippen LogP) is 3.29. The van der Waals surface area contributed by atoms with Gasteiger partial charge in [0.05, 0.1) is 0 Å². The van der Waals surface area contributed by atoms with E-state index in [-0.39, 0.29) is 0 Å². The van der Waals surface area contributed by atoms with Gasteiger partial charge in [-0.3, -0.25) is 0 Å². The Morgan fingerprint density at radius 3 is 2.50 bits per heavy atom. The molecule has 0 aliphatic heterocycles. The maximum atomic E-state index is 11.4. The van der Waals surface area contributed by atoms with E-state index in [1.54, 1.807) is 24.3 Å². The summed E-state index contributed by atoms with van der Waals surface area (Å²) in [5, 5.41) is 1.15. The zero-order chi connectivity index (χ0) is 9.14. The average molecular weight is 243 g/mol. The van der Waals surface area contributed by atoms with Gasteiger partial charge in [0.25, 0.3) is 0 Å². The van der Waals surface area contributed by atoms with Crippen LogP contribution in [0.3, 0.4) is 0 Å². The van der Waals surface area contributed by atoms with Gasteiger partial charge in [-0.2, -0.15) is 0 Å². The second kappa shape index (κ2) is 4.53. The SMILES string of the molecule is O=[PH](c1cccc(Cl)c1)C(Cl)Cl. The van der Waals surface area contributed by atoms with E-state index < -0.39 is 12.4 Å². The molecule has 0 aliphatic rings. The van der Waals surface area contributed by atoms with E-state index in [1.165, 1.54) is 0 Å². The highest BCUT2D eigenvalue weighted by Crippen LogP contribution is 2.33. The van der Waals surface area contributed by atoms with Crippen LogP contribution in [0.1, 0.15) is 0 Å². The van der Waals surface area contributed by atoms with Crippen molar-refractivity contribution in [2.45, 2.75) is 4.58 Å². The van der Waals surface area contributed by atoms with Crippen molar-refractivity contribution in [3.05, 3.63) is 29.3 Å². The van der Waals surface area contributed by atoms with E-state index >= 15 is 0 Å². The maximum absolute atomic E-state index is 11.4. The number of hydrogen-bond donors (Lipinski definition) is 0. The Balaban J connectivity index is 2.96. The molecule has 0 radical (unpaired) electrons. The molecule has 0 heterocycles. The summed E-state index contributed by atoms with van der Waals surface area (Å²) in [6, 6.07) is 6.74. The standard InChI is InChI=1S/C7H6Cl3OP/c8-5-2-1-3-6(4-5)12(11)7(9)10/h1-4,7,12H. The number of benzene rings is 1. The molecule has 0 bridgehead atoms. The van der Waals surface area contributed by atoms with Crippen molar-refractivity contribution in [2.75, 3.05) is 0 Å². The molecule has 0 saturated heterocycles. The van der Waals surface area contributed by atoms with Crippen LogP contribution in [0.2, 0.25) is 5.02 Å². The quantitative estimate of drug-likeness (QED) is 0.575. The van der Waals surface area contributed by atoms with Crippen LogP contribution in [0.15, 0.2) is 24.3 Å². The molecule has 0 saturated carbocycles. The van der Waals surface area contributed by atoms with Crippen molar-refractivity contribution < 1.29 is 4.57 Å². The highest BCUT2D eigenvalue weighted by Gasteiger charge is 2.11. The normalized spacial score (nSPS) is 13.3. The Kier molecular flexibility index (Phi) is 3.92. The summed E-state index contributed by atoms with van der Waals surface area (Å²) in [6.07, 6.45) is 0. The fraction of sp³-hybridized carbons (Fsp3) is 0.143. The zero-order valence-corrected chi connectivity index (χ0v) is 9.20. The fourth-order valence-electron chi connectivity index (χ4n) is 0.768. The van der Waals surface area contributed by atoms with E-state index in [9.17, 15) is 4.57 Å². The number of alkyl halides is 2. The summed E-state index contributed by atoms with van der Waals surface area (Å²) < 4.78 is 10.5. The molecule has 1 nitrogen and oxygen atoms in total. The Hall–Kier alpha value is 0.320. The summed E-state index contributed by atoms with van der Waals surface area (Å²) in [4.78, 5) is 0. The monoisotopic (exact) mass is 242 g/mol. The van der Waals surface area contributed by atoms with Crippen LogP contribution in [-0.4, -0.2) is 4.58 Å². The molecule has 66 valence electrons. The Bertz CT molecular complexity index is 300. The molecule has 1 aromatic carbocycles. The molecule has 1 aromatic rings. The smallest absolute Gasteiger partial charge is 0.161 e. The van der Waals surface area contributed by atoms with Crippen molar-refractivity contribution in [3.63, 3.8) is 0 Å². The van der Waals surface area contributed by atoms with Crippen molar-refractivity contribution in [1.29, 1.82) is 0 Å². The second-order valence-corrected chi connectivity index (χ2v) is 6.32. The van der Waals surface area contributed by atoms with Gasteiger partial charge in [-0.25, -0.2) is 0 Å². The molecule has 0 amide bonds. The van der Waals surface area contributed by atoms with Crippen LogP contribution in [-0.2, 0) is 4.57 Å². The topological polar surface area (TPSA) is 17.1 Å². The molecule has 12 heavy (non-hydrogen) atoms. The van der Waals surface area contributed by atoms with Gasteiger partial charge in [0.15, 0.2) is 4.58 Å². The minimum atomic E-state index is -2.11. The van der Waals surface area contributed by atoms with E-state index in [2.05, 4.69) is 0 Å². The van der Waals surface area contributed by atoms with E-state index in [0.717, 1.165) is 0 Å². The minimum Gasteiger partial charge on any atom is -0.319 e. The van der Waals surface area contributed by atoms with Crippen molar-refractivity contribution in [2.24, 2.45) is 0 Å². The molecule has 0 fully saturated rings. The van der Waals surface area contributed by atoms with Crippen LogP contribution >= 0.6 is 42.6 Å². The summed E-state index contributed by atoms with van der Waals surface area (Å²) in [5.41, 5.74) is 0. The second-order valence-electron chi connectivity index (χ2n) is 2.18. The molecular weight excluding hydrogens is 237 g/mol. The number of hydrogen-bond acceptors (Lipinski definition) is 1. The maximum Gasteiger partial charge on any atom is 0.161 e. The first-order valence-electron chi connectivity index (χ1n) is 3.19. The third kappa shape index (κ3) is 2.67. The van der Waals surface area contributed by atoms with Crippen LogP contribution < -0.4 is 5.30 Å². The lowest BCUT2D eigenvalue weighted by molar-refractivity contribution is 0.594. The van der Waals surface area contributed by atoms with Gasteiger partial charge in [0, 0.05) is 10.3 Å².